The van der Waals surface area contributed by atoms with E-state index >= 15 is 0 Å². The molecule has 2 heterocycles. The summed E-state index contributed by atoms with van der Waals surface area (Å²) in [5.41, 5.74) is 6.43. The van der Waals surface area contributed by atoms with Crippen molar-refractivity contribution >= 4 is 11.6 Å². The van der Waals surface area contributed by atoms with Gasteiger partial charge in [0.15, 0.2) is 0 Å². The summed E-state index contributed by atoms with van der Waals surface area (Å²) >= 11 is 0. The lowest BCUT2D eigenvalue weighted by Crippen LogP contribution is -2.22. The molecule has 1 aliphatic heterocycles. The first-order valence-electron chi connectivity index (χ1n) is 5.24. The lowest BCUT2D eigenvalue weighted by atomic mass is 10.3. The van der Waals surface area contributed by atoms with Crippen LogP contribution in [0.3, 0.4) is 0 Å². The summed E-state index contributed by atoms with van der Waals surface area (Å²) in [6.45, 7) is 1.82. The van der Waals surface area contributed by atoms with E-state index in [1.54, 1.807) is 19.4 Å². The molecular weight excluding hydrogens is 206 g/mol. The van der Waals surface area contributed by atoms with Crippen LogP contribution in [0.4, 0.5) is 5.69 Å². The van der Waals surface area contributed by atoms with Crippen molar-refractivity contribution in [3.8, 4) is 0 Å². The van der Waals surface area contributed by atoms with Gasteiger partial charge in [-0.2, -0.15) is 0 Å². The zero-order valence-electron chi connectivity index (χ0n) is 9.22. The molecule has 1 aromatic rings. The number of anilines is 1. The number of hydrogen-bond donors (Lipinski definition) is 1. The molecule has 16 heavy (non-hydrogen) atoms. The SMILES string of the molecule is CO[C@H]1CCN(c2ccc(C(N)=O)nc2)C1. The number of primary amides is 1. The Hall–Kier alpha value is -1.62. The number of carbonyl (C=O) groups is 1. The molecule has 1 amide bonds. The number of nitrogens with zero attached hydrogens (tertiary/aromatic N) is 2. The van der Waals surface area contributed by atoms with Gasteiger partial charge in [0.1, 0.15) is 5.69 Å². The second-order valence-corrected chi connectivity index (χ2v) is 3.86. The van der Waals surface area contributed by atoms with Crippen LogP contribution in [0.2, 0.25) is 0 Å². The van der Waals surface area contributed by atoms with Gasteiger partial charge in [0.05, 0.1) is 18.0 Å². The third-order valence-electron chi connectivity index (χ3n) is 2.84. The van der Waals surface area contributed by atoms with Crippen LogP contribution in [0.5, 0.6) is 0 Å². The Morgan fingerprint density at radius 3 is 2.94 bits per heavy atom. The predicted octanol–water partition coefficient (Wildman–Crippen LogP) is 0.406. The Morgan fingerprint density at radius 1 is 1.62 bits per heavy atom. The van der Waals surface area contributed by atoms with E-state index in [-0.39, 0.29) is 6.10 Å². The highest BCUT2D eigenvalue weighted by Crippen LogP contribution is 2.20. The molecule has 0 aliphatic carbocycles. The van der Waals surface area contributed by atoms with Gasteiger partial charge in [-0.15, -0.1) is 0 Å². The van der Waals surface area contributed by atoms with Gasteiger partial charge in [-0.25, -0.2) is 4.98 Å². The van der Waals surface area contributed by atoms with E-state index < -0.39 is 5.91 Å². The maximum atomic E-state index is 10.9. The minimum atomic E-state index is -0.497. The quantitative estimate of drug-likeness (QED) is 0.802. The number of pyridine rings is 1. The Kier molecular flexibility index (Phi) is 3.05. The second kappa shape index (κ2) is 4.49. The molecule has 86 valence electrons. The molecule has 2 N–H and O–H groups in total. The van der Waals surface area contributed by atoms with Gasteiger partial charge in [0.2, 0.25) is 0 Å². The van der Waals surface area contributed by atoms with E-state index in [2.05, 4.69) is 9.88 Å². The Balaban J connectivity index is 2.08. The lowest BCUT2D eigenvalue weighted by Gasteiger charge is -2.17. The van der Waals surface area contributed by atoms with Crippen molar-refractivity contribution < 1.29 is 9.53 Å². The minimum Gasteiger partial charge on any atom is -0.380 e. The van der Waals surface area contributed by atoms with Crippen LogP contribution in [0.1, 0.15) is 16.9 Å². The molecule has 5 heteroatoms. The summed E-state index contributed by atoms with van der Waals surface area (Å²) in [4.78, 5) is 17.1. The lowest BCUT2D eigenvalue weighted by molar-refractivity contribution is 0.0995. The van der Waals surface area contributed by atoms with Crippen molar-refractivity contribution in [3.05, 3.63) is 24.0 Å². The molecule has 1 aliphatic rings. The van der Waals surface area contributed by atoms with Crippen LogP contribution < -0.4 is 10.6 Å². The zero-order chi connectivity index (χ0) is 11.5. The zero-order valence-corrected chi connectivity index (χ0v) is 9.22. The molecular formula is C11H15N3O2. The number of carbonyl (C=O) groups excluding carboxylic acids is 1. The van der Waals surface area contributed by atoms with Gasteiger partial charge >= 0.3 is 0 Å². The van der Waals surface area contributed by atoms with Crippen molar-refractivity contribution in [1.29, 1.82) is 0 Å². The molecule has 1 fully saturated rings. The second-order valence-electron chi connectivity index (χ2n) is 3.86. The van der Waals surface area contributed by atoms with Gasteiger partial charge in [-0.05, 0) is 18.6 Å². The highest BCUT2D eigenvalue weighted by molar-refractivity contribution is 5.90. The predicted molar refractivity (Wildman–Crippen MR) is 60.4 cm³/mol. The van der Waals surface area contributed by atoms with Gasteiger partial charge in [-0.3, -0.25) is 4.79 Å². The molecule has 2 rings (SSSR count). The first-order chi connectivity index (χ1) is 7.70. The number of hydrogen-bond acceptors (Lipinski definition) is 4. The van der Waals surface area contributed by atoms with Crippen molar-refractivity contribution in [1.82, 2.24) is 4.98 Å². The smallest absolute Gasteiger partial charge is 0.267 e. The number of ether oxygens (including phenoxy) is 1. The van der Waals surface area contributed by atoms with Gasteiger partial charge in [-0.1, -0.05) is 0 Å². The van der Waals surface area contributed by atoms with E-state index in [0.29, 0.717) is 5.69 Å². The van der Waals surface area contributed by atoms with Gasteiger partial charge in [0.25, 0.3) is 5.91 Å². The monoisotopic (exact) mass is 221 g/mol. The van der Waals surface area contributed by atoms with Crippen LogP contribution >= 0.6 is 0 Å². The maximum Gasteiger partial charge on any atom is 0.267 e. The van der Waals surface area contributed by atoms with Crippen molar-refractivity contribution in [2.24, 2.45) is 5.73 Å². The maximum absolute atomic E-state index is 10.9. The largest absolute Gasteiger partial charge is 0.380 e. The molecule has 0 saturated carbocycles. The van der Waals surface area contributed by atoms with Crippen LogP contribution in [-0.2, 0) is 4.74 Å². The number of rotatable bonds is 3. The number of amides is 1. The molecule has 1 atom stereocenters. The average molecular weight is 221 g/mol. The normalized spacial score (nSPS) is 20.1. The molecule has 1 aromatic heterocycles. The Labute approximate surface area is 94.2 Å². The highest BCUT2D eigenvalue weighted by Gasteiger charge is 2.22. The van der Waals surface area contributed by atoms with Crippen LogP contribution in [-0.4, -0.2) is 37.2 Å². The number of nitrogens with two attached hydrogens (primary N) is 1. The summed E-state index contributed by atoms with van der Waals surface area (Å²) in [5, 5.41) is 0. The summed E-state index contributed by atoms with van der Waals surface area (Å²) in [6, 6.07) is 3.52. The van der Waals surface area contributed by atoms with E-state index in [0.717, 1.165) is 25.2 Å². The van der Waals surface area contributed by atoms with Crippen LogP contribution in [0.25, 0.3) is 0 Å². The highest BCUT2D eigenvalue weighted by atomic mass is 16.5. The Morgan fingerprint density at radius 2 is 2.44 bits per heavy atom. The van der Waals surface area contributed by atoms with E-state index in [1.165, 1.54) is 0 Å². The van der Waals surface area contributed by atoms with Crippen LogP contribution in [0.15, 0.2) is 18.3 Å². The Bertz CT molecular complexity index is 377. The first kappa shape index (κ1) is 10.9. The van der Waals surface area contributed by atoms with Crippen molar-refractivity contribution in [2.75, 3.05) is 25.1 Å². The van der Waals surface area contributed by atoms with Crippen molar-refractivity contribution in [2.45, 2.75) is 12.5 Å². The average Bonchev–Trinajstić information content (AvgIpc) is 2.77. The summed E-state index contributed by atoms with van der Waals surface area (Å²) in [6.07, 6.45) is 2.99. The topological polar surface area (TPSA) is 68.5 Å². The molecule has 0 spiro atoms. The first-order valence-corrected chi connectivity index (χ1v) is 5.24. The molecule has 1 saturated heterocycles. The van der Waals surface area contributed by atoms with Gasteiger partial charge < -0.3 is 15.4 Å². The summed E-state index contributed by atoms with van der Waals surface area (Å²) < 4.78 is 5.29. The number of aromatic nitrogens is 1. The van der Waals surface area contributed by atoms with E-state index in [4.69, 9.17) is 10.5 Å². The fourth-order valence-corrected chi connectivity index (χ4v) is 1.87. The van der Waals surface area contributed by atoms with E-state index in [9.17, 15) is 4.79 Å². The molecule has 0 unspecified atom stereocenters. The fourth-order valence-electron chi connectivity index (χ4n) is 1.87. The summed E-state index contributed by atoms with van der Waals surface area (Å²) in [5.74, 6) is -0.497. The molecule has 0 aromatic carbocycles. The minimum absolute atomic E-state index is 0.288. The van der Waals surface area contributed by atoms with Crippen molar-refractivity contribution in [3.63, 3.8) is 0 Å². The van der Waals surface area contributed by atoms with Gasteiger partial charge in [0, 0.05) is 20.2 Å². The molecule has 0 bridgehead atoms. The molecule has 0 radical (unpaired) electrons. The third-order valence-corrected chi connectivity index (χ3v) is 2.84. The summed E-state index contributed by atoms with van der Waals surface area (Å²) in [7, 11) is 1.72. The fraction of sp³-hybridized carbons (Fsp3) is 0.455. The van der Waals surface area contributed by atoms with Crippen LogP contribution in [0, 0.1) is 0 Å². The number of methoxy groups -OCH3 is 1. The molecule has 5 nitrogen and oxygen atoms in total. The van der Waals surface area contributed by atoms with E-state index in [1.807, 2.05) is 6.07 Å². The standard InChI is InChI=1S/C11H15N3O2/c1-16-9-4-5-14(7-9)8-2-3-10(11(12)15)13-6-8/h2-3,6,9H,4-5,7H2,1H3,(H2,12,15)/t9-/m0/s1. The third kappa shape index (κ3) is 2.14.